The first kappa shape index (κ1) is 18.6. The van der Waals surface area contributed by atoms with E-state index < -0.39 is 0 Å². The van der Waals surface area contributed by atoms with Crippen LogP contribution in [0.15, 0.2) is 36.9 Å². The van der Waals surface area contributed by atoms with Crippen molar-refractivity contribution < 1.29 is 0 Å². The van der Waals surface area contributed by atoms with E-state index in [0.29, 0.717) is 23.5 Å². The van der Waals surface area contributed by atoms with Crippen LogP contribution >= 0.6 is 0 Å². The van der Waals surface area contributed by atoms with Crippen molar-refractivity contribution in [2.75, 3.05) is 5.32 Å². The molecule has 0 bridgehead atoms. The van der Waals surface area contributed by atoms with Crippen LogP contribution in [0.4, 0.5) is 11.6 Å². The van der Waals surface area contributed by atoms with Gasteiger partial charge in [0, 0.05) is 24.5 Å². The standard InChI is InChI=1S/C20H21N9/c1-12(2)29-14(4)25-16-10-23-19(7-17(16)29)26-18-5-6-22-20(27-18)15-9-24-28(11-15)13(3)8-21/h5-7,9-13H,1-4H3,(H,22,23,26,27). The third-order valence-electron chi connectivity index (χ3n) is 4.62. The topological polar surface area (TPSA) is 110 Å². The first-order chi connectivity index (χ1) is 14.0. The summed E-state index contributed by atoms with van der Waals surface area (Å²) in [6.07, 6.45) is 6.86. The van der Waals surface area contributed by atoms with Crippen molar-refractivity contribution in [1.29, 1.82) is 5.26 Å². The lowest BCUT2D eigenvalue weighted by Gasteiger charge is -2.11. The number of aromatic nitrogens is 7. The summed E-state index contributed by atoms with van der Waals surface area (Å²) < 4.78 is 3.77. The van der Waals surface area contributed by atoms with Gasteiger partial charge in [-0.05, 0) is 33.8 Å². The molecule has 29 heavy (non-hydrogen) atoms. The molecule has 4 aromatic heterocycles. The van der Waals surface area contributed by atoms with Crippen molar-refractivity contribution >= 4 is 22.7 Å². The second-order valence-electron chi connectivity index (χ2n) is 7.09. The van der Waals surface area contributed by atoms with Crippen LogP contribution in [0.3, 0.4) is 0 Å². The lowest BCUT2D eigenvalue weighted by molar-refractivity contribution is 0.591. The molecule has 0 fully saturated rings. The summed E-state index contributed by atoms with van der Waals surface area (Å²) >= 11 is 0. The number of fused-ring (bicyclic) bond motifs is 1. The highest BCUT2D eigenvalue weighted by Crippen LogP contribution is 2.24. The van der Waals surface area contributed by atoms with E-state index in [4.69, 9.17) is 5.26 Å². The van der Waals surface area contributed by atoms with Gasteiger partial charge in [-0.1, -0.05) is 0 Å². The number of aryl methyl sites for hydroxylation is 1. The van der Waals surface area contributed by atoms with Gasteiger partial charge in [0.25, 0.3) is 0 Å². The molecule has 1 N–H and O–H groups in total. The largest absolute Gasteiger partial charge is 0.326 e. The van der Waals surface area contributed by atoms with E-state index in [1.165, 1.54) is 0 Å². The van der Waals surface area contributed by atoms with Gasteiger partial charge in [-0.25, -0.2) is 19.9 Å². The Kier molecular flexibility index (Phi) is 4.68. The molecule has 146 valence electrons. The number of nitrogens with zero attached hydrogens (tertiary/aromatic N) is 8. The Morgan fingerprint density at radius 1 is 1.10 bits per heavy atom. The molecule has 0 saturated carbocycles. The quantitative estimate of drug-likeness (QED) is 0.554. The summed E-state index contributed by atoms with van der Waals surface area (Å²) in [7, 11) is 0. The van der Waals surface area contributed by atoms with E-state index in [9.17, 15) is 0 Å². The minimum atomic E-state index is -0.352. The van der Waals surface area contributed by atoms with E-state index in [2.05, 4.69) is 54.8 Å². The van der Waals surface area contributed by atoms with Gasteiger partial charge in [-0.2, -0.15) is 10.4 Å². The highest BCUT2D eigenvalue weighted by molar-refractivity contribution is 5.79. The van der Waals surface area contributed by atoms with Crippen molar-refractivity contribution in [3.63, 3.8) is 0 Å². The zero-order valence-corrected chi connectivity index (χ0v) is 16.7. The lowest BCUT2D eigenvalue weighted by Crippen LogP contribution is -2.03. The highest BCUT2D eigenvalue weighted by Gasteiger charge is 2.13. The molecule has 0 amide bonds. The van der Waals surface area contributed by atoms with Gasteiger partial charge in [-0.15, -0.1) is 0 Å². The second kappa shape index (κ2) is 7.31. The van der Waals surface area contributed by atoms with Crippen molar-refractivity contribution in [2.24, 2.45) is 0 Å². The fourth-order valence-electron chi connectivity index (χ4n) is 3.26. The summed E-state index contributed by atoms with van der Waals surface area (Å²) in [4.78, 5) is 17.9. The number of rotatable bonds is 5. The van der Waals surface area contributed by atoms with Gasteiger partial charge in [-0.3, -0.25) is 4.68 Å². The third-order valence-corrected chi connectivity index (χ3v) is 4.62. The summed E-state index contributed by atoms with van der Waals surface area (Å²) in [5.74, 6) is 2.78. The van der Waals surface area contributed by atoms with Crippen LogP contribution in [0.2, 0.25) is 0 Å². The number of pyridine rings is 1. The fourth-order valence-corrected chi connectivity index (χ4v) is 3.26. The molecule has 0 aromatic carbocycles. The molecular formula is C20H21N9. The Balaban J connectivity index is 1.64. The summed E-state index contributed by atoms with van der Waals surface area (Å²) in [6, 6.07) is 5.85. The molecule has 0 saturated heterocycles. The van der Waals surface area contributed by atoms with Gasteiger partial charge in [0.2, 0.25) is 0 Å². The molecule has 4 aromatic rings. The maximum atomic E-state index is 9.04. The molecular weight excluding hydrogens is 366 g/mol. The molecule has 0 aliphatic rings. The predicted molar refractivity (Wildman–Crippen MR) is 110 cm³/mol. The van der Waals surface area contributed by atoms with Crippen LogP contribution in [0.5, 0.6) is 0 Å². The molecule has 1 atom stereocenters. The zero-order chi connectivity index (χ0) is 20.5. The van der Waals surface area contributed by atoms with Gasteiger partial charge in [0.15, 0.2) is 5.82 Å². The molecule has 4 heterocycles. The molecule has 0 spiro atoms. The van der Waals surface area contributed by atoms with Gasteiger partial charge >= 0.3 is 0 Å². The first-order valence-electron chi connectivity index (χ1n) is 9.35. The molecule has 4 rings (SSSR count). The van der Waals surface area contributed by atoms with Crippen molar-refractivity contribution in [1.82, 2.24) is 34.3 Å². The van der Waals surface area contributed by atoms with E-state index >= 15 is 0 Å². The summed E-state index contributed by atoms with van der Waals surface area (Å²) in [5, 5.41) is 16.5. The van der Waals surface area contributed by atoms with Crippen molar-refractivity contribution in [3.05, 3.63) is 42.7 Å². The number of hydrogen-bond donors (Lipinski definition) is 1. The number of nitriles is 1. The zero-order valence-electron chi connectivity index (χ0n) is 16.7. The normalized spacial score (nSPS) is 12.3. The smallest absolute Gasteiger partial charge is 0.164 e. The molecule has 0 aliphatic heterocycles. The Morgan fingerprint density at radius 3 is 2.69 bits per heavy atom. The molecule has 0 radical (unpaired) electrons. The summed E-state index contributed by atoms with van der Waals surface area (Å²) in [5.41, 5.74) is 2.63. The number of anilines is 2. The fraction of sp³-hybridized carbons (Fsp3) is 0.300. The number of imidazole rings is 1. The van der Waals surface area contributed by atoms with E-state index in [1.54, 1.807) is 42.5 Å². The summed E-state index contributed by atoms with van der Waals surface area (Å²) in [6.45, 7) is 8.04. The minimum Gasteiger partial charge on any atom is -0.326 e. The van der Waals surface area contributed by atoms with Crippen LogP contribution in [0.1, 0.15) is 38.7 Å². The van der Waals surface area contributed by atoms with Gasteiger partial charge in [0.05, 0.1) is 29.5 Å². The highest BCUT2D eigenvalue weighted by atomic mass is 15.3. The van der Waals surface area contributed by atoms with Crippen LogP contribution in [0, 0.1) is 18.3 Å². The Labute approximate surface area is 168 Å². The Morgan fingerprint density at radius 2 is 1.93 bits per heavy atom. The predicted octanol–water partition coefficient (Wildman–Crippen LogP) is 3.80. The maximum absolute atomic E-state index is 9.04. The maximum Gasteiger partial charge on any atom is 0.164 e. The van der Waals surface area contributed by atoms with Gasteiger partial charge < -0.3 is 9.88 Å². The van der Waals surface area contributed by atoms with E-state index in [0.717, 1.165) is 22.4 Å². The van der Waals surface area contributed by atoms with Crippen molar-refractivity contribution in [3.8, 4) is 17.5 Å². The third kappa shape index (κ3) is 3.52. The molecule has 9 nitrogen and oxygen atoms in total. The Bertz CT molecular complexity index is 1210. The number of hydrogen-bond acceptors (Lipinski definition) is 7. The lowest BCUT2D eigenvalue weighted by atomic mass is 10.3. The average molecular weight is 387 g/mol. The monoisotopic (exact) mass is 387 g/mol. The van der Waals surface area contributed by atoms with Crippen LogP contribution in [0.25, 0.3) is 22.4 Å². The second-order valence-corrected chi connectivity index (χ2v) is 7.09. The minimum absolute atomic E-state index is 0.299. The number of nitrogens with one attached hydrogen (secondary N) is 1. The SMILES string of the molecule is Cc1nc2cnc(Nc3ccnc(-c4cnn(C(C)C#N)c4)n3)cc2n1C(C)C. The van der Waals surface area contributed by atoms with Crippen LogP contribution in [-0.4, -0.2) is 34.3 Å². The first-order valence-corrected chi connectivity index (χ1v) is 9.35. The Hall–Kier alpha value is -3.80. The van der Waals surface area contributed by atoms with E-state index in [1.807, 2.05) is 13.0 Å². The van der Waals surface area contributed by atoms with Crippen LogP contribution < -0.4 is 5.32 Å². The molecule has 1 unspecified atom stereocenters. The van der Waals surface area contributed by atoms with Crippen molar-refractivity contribution in [2.45, 2.75) is 39.8 Å². The molecule has 0 aliphatic carbocycles. The van der Waals surface area contributed by atoms with Gasteiger partial charge in [0.1, 0.15) is 29.0 Å². The average Bonchev–Trinajstić information content (AvgIpc) is 3.31. The van der Waals surface area contributed by atoms with Crippen LogP contribution in [-0.2, 0) is 0 Å². The van der Waals surface area contributed by atoms with E-state index in [-0.39, 0.29) is 6.04 Å². The molecule has 9 heteroatoms.